The van der Waals surface area contributed by atoms with E-state index in [-0.39, 0.29) is 23.6 Å². The molecule has 0 amide bonds. The average molecular weight is 391 g/mol. The predicted octanol–water partition coefficient (Wildman–Crippen LogP) is 2.93. The lowest BCUT2D eigenvalue weighted by molar-refractivity contribution is 0.0755. The van der Waals surface area contributed by atoms with Crippen LogP contribution in [0.1, 0.15) is 50.5 Å². The number of likely N-dealkylation sites (N-methyl/N-ethyl adjacent to an activating group) is 1. The molecule has 6 nitrogen and oxygen atoms in total. The minimum absolute atomic E-state index is 0.155. The minimum atomic E-state index is -0.813. The Kier molecular flexibility index (Phi) is 9.96. The summed E-state index contributed by atoms with van der Waals surface area (Å²) in [6, 6.07) is 13.8. The summed E-state index contributed by atoms with van der Waals surface area (Å²) in [6.07, 6.45) is -0.573. The van der Waals surface area contributed by atoms with Crippen molar-refractivity contribution < 1.29 is 20.4 Å². The number of phenols is 2. The van der Waals surface area contributed by atoms with Crippen LogP contribution in [0.3, 0.4) is 0 Å². The molecule has 0 saturated heterocycles. The number of phenolic OH excluding ortho intramolecular Hbond substituents is 2. The van der Waals surface area contributed by atoms with Crippen LogP contribution in [0.25, 0.3) is 0 Å². The summed E-state index contributed by atoms with van der Waals surface area (Å²) in [6.45, 7) is 6.95. The van der Waals surface area contributed by atoms with Crippen molar-refractivity contribution in [3.63, 3.8) is 0 Å². The molecule has 6 N–H and O–H groups in total. The number of hydrogen-bond donors (Lipinski definition) is 5. The molecule has 2 aromatic carbocycles. The van der Waals surface area contributed by atoms with Crippen molar-refractivity contribution in [2.75, 3.05) is 13.6 Å². The molecule has 0 spiro atoms. The van der Waals surface area contributed by atoms with Crippen LogP contribution in [0, 0.1) is 0 Å². The molecule has 28 heavy (non-hydrogen) atoms. The Morgan fingerprint density at radius 1 is 0.893 bits per heavy atom. The molecule has 0 saturated carbocycles. The van der Waals surface area contributed by atoms with Crippen LogP contribution in [-0.4, -0.2) is 51.0 Å². The van der Waals surface area contributed by atoms with Crippen LogP contribution in [0.4, 0.5) is 0 Å². The number of rotatable bonds is 7. The molecule has 0 radical (unpaired) electrons. The number of hydrogen-bond acceptors (Lipinski definition) is 6. The van der Waals surface area contributed by atoms with Crippen molar-refractivity contribution in [2.24, 2.45) is 5.73 Å². The van der Waals surface area contributed by atoms with Crippen molar-refractivity contribution in [2.45, 2.75) is 51.5 Å². The summed E-state index contributed by atoms with van der Waals surface area (Å²) in [4.78, 5) is 2.14. The van der Waals surface area contributed by atoms with E-state index in [1.165, 1.54) is 18.2 Å². The first kappa shape index (κ1) is 23.9. The Hall–Kier alpha value is -2.12. The number of aliphatic hydroxyl groups excluding tert-OH is 2. The maximum Gasteiger partial charge on any atom is 0.157 e. The van der Waals surface area contributed by atoms with Crippen molar-refractivity contribution >= 4 is 0 Å². The second-order valence-corrected chi connectivity index (χ2v) is 6.93. The summed E-state index contributed by atoms with van der Waals surface area (Å²) in [5.41, 5.74) is 7.14. The van der Waals surface area contributed by atoms with Gasteiger partial charge in [0.1, 0.15) is 0 Å². The molecule has 6 heteroatoms. The van der Waals surface area contributed by atoms with Gasteiger partial charge in [-0.05, 0) is 50.2 Å². The zero-order chi connectivity index (χ0) is 21.3. The summed E-state index contributed by atoms with van der Waals surface area (Å²) in [5.74, 6) is -0.448. The third-order valence-electron chi connectivity index (χ3n) is 5.01. The zero-order valence-electron chi connectivity index (χ0n) is 17.2. The highest BCUT2D eigenvalue weighted by Gasteiger charge is 2.19. The number of nitrogens with two attached hydrogens (primary N) is 1. The van der Waals surface area contributed by atoms with Gasteiger partial charge in [-0.2, -0.15) is 0 Å². The first-order valence-corrected chi connectivity index (χ1v) is 9.61. The van der Waals surface area contributed by atoms with E-state index >= 15 is 0 Å². The topological polar surface area (TPSA) is 110 Å². The minimum Gasteiger partial charge on any atom is -0.504 e. The first-order chi connectivity index (χ1) is 13.2. The smallest absolute Gasteiger partial charge is 0.157 e. The van der Waals surface area contributed by atoms with Gasteiger partial charge < -0.3 is 31.1 Å². The van der Waals surface area contributed by atoms with Gasteiger partial charge in [0.15, 0.2) is 11.5 Å². The van der Waals surface area contributed by atoms with E-state index in [0.717, 1.165) is 12.1 Å². The SMILES string of the molecule is CCC(N)C(O)c1ccc(O)c(O)c1.CCN(C)C(C)C(O)c1ccccc1. The monoisotopic (exact) mass is 390 g/mol. The molecule has 4 atom stereocenters. The molecule has 2 aromatic rings. The van der Waals surface area contributed by atoms with Crippen LogP contribution in [0.15, 0.2) is 48.5 Å². The Morgan fingerprint density at radius 2 is 1.50 bits per heavy atom. The lowest BCUT2D eigenvalue weighted by atomic mass is 10.0. The second kappa shape index (κ2) is 11.7. The molecule has 0 aliphatic rings. The van der Waals surface area contributed by atoms with E-state index in [2.05, 4.69) is 11.8 Å². The van der Waals surface area contributed by atoms with Gasteiger partial charge in [0.05, 0.1) is 12.2 Å². The van der Waals surface area contributed by atoms with Gasteiger partial charge in [0.25, 0.3) is 0 Å². The third kappa shape index (κ3) is 6.80. The molecule has 0 aliphatic heterocycles. The maximum atomic E-state index is 10.0. The second-order valence-electron chi connectivity index (χ2n) is 6.93. The first-order valence-electron chi connectivity index (χ1n) is 9.61. The quantitative estimate of drug-likeness (QED) is 0.465. The standard InChI is InChI=1S/C12H19NO.C10H15NO3/c1-4-13(3)10(2)12(14)11-8-6-5-7-9-11;1-2-7(11)10(14)6-3-4-8(12)9(13)5-6/h5-10,12,14H,4H2,1-3H3;3-5,7,10,12-14H,2,11H2,1H3. The molecular weight excluding hydrogens is 356 g/mol. The van der Waals surface area contributed by atoms with Crippen LogP contribution in [0.5, 0.6) is 11.5 Å². The number of benzene rings is 2. The fourth-order valence-electron chi connectivity index (χ4n) is 2.65. The fourth-order valence-corrected chi connectivity index (χ4v) is 2.65. The van der Waals surface area contributed by atoms with Crippen LogP contribution < -0.4 is 5.73 Å². The molecule has 0 heterocycles. The van der Waals surface area contributed by atoms with E-state index < -0.39 is 12.2 Å². The highest BCUT2D eigenvalue weighted by molar-refractivity contribution is 5.41. The van der Waals surface area contributed by atoms with E-state index in [1.54, 1.807) is 0 Å². The Bertz CT molecular complexity index is 696. The van der Waals surface area contributed by atoms with E-state index in [0.29, 0.717) is 12.0 Å². The molecule has 0 aromatic heterocycles. The van der Waals surface area contributed by atoms with Gasteiger partial charge in [0, 0.05) is 12.1 Å². The highest BCUT2D eigenvalue weighted by Crippen LogP contribution is 2.28. The Balaban J connectivity index is 0.000000280. The number of aliphatic hydroxyl groups is 2. The van der Waals surface area contributed by atoms with Crippen molar-refractivity contribution in [3.8, 4) is 11.5 Å². The molecule has 2 rings (SSSR count). The fraction of sp³-hybridized carbons (Fsp3) is 0.455. The zero-order valence-corrected chi connectivity index (χ0v) is 17.2. The Labute approximate surface area is 167 Å². The van der Waals surface area contributed by atoms with Crippen molar-refractivity contribution in [1.29, 1.82) is 0 Å². The molecule has 0 fully saturated rings. The van der Waals surface area contributed by atoms with E-state index in [4.69, 9.17) is 10.8 Å². The summed E-state index contributed by atoms with van der Waals surface area (Å²) < 4.78 is 0. The van der Waals surface area contributed by atoms with Gasteiger partial charge in [-0.15, -0.1) is 0 Å². The molecule has 0 aliphatic carbocycles. The Morgan fingerprint density at radius 3 is 2.00 bits per heavy atom. The van der Waals surface area contributed by atoms with Gasteiger partial charge in [-0.3, -0.25) is 0 Å². The van der Waals surface area contributed by atoms with Crippen LogP contribution in [0.2, 0.25) is 0 Å². The van der Waals surface area contributed by atoms with Crippen LogP contribution in [-0.2, 0) is 0 Å². The van der Waals surface area contributed by atoms with Crippen LogP contribution >= 0.6 is 0 Å². The normalized spacial score (nSPS) is 15.3. The van der Waals surface area contributed by atoms with Gasteiger partial charge in [-0.25, -0.2) is 0 Å². The van der Waals surface area contributed by atoms with Crippen molar-refractivity contribution in [1.82, 2.24) is 4.90 Å². The summed E-state index contributed by atoms with van der Waals surface area (Å²) >= 11 is 0. The lowest BCUT2D eigenvalue weighted by Crippen LogP contribution is -2.34. The van der Waals surface area contributed by atoms with Gasteiger partial charge in [-0.1, -0.05) is 50.2 Å². The van der Waals surface area contributed by atoms with E-state index in [1.807, 2.05) is 51.2 Å². The van der Waals surface area contributed by atoms with Gasteiger partial charge in [0.2, 0.25) is 0 Å². The highest BCUT2D eigenvalue weighted by atomic mass is 16.3. The number of nitrogens with zero attached hydrogens (tertiary/aromatic N) is 1. The van der Waals surface area contributed by atoms with E-state index in [9.17, 15) is 15.3 Å². The largest absolute Gasteiger partial charge is 0.504 e. The van der Waals surface area contributed by atoms with Crippen molar-refractivity contribution in [3.05, 3.63) is 59.7 Å². The predicted molar refractivity (Wildman–Crippen MR) is 112 cm³/mol. The summed E-state index contributed by atoms with van der Waals surface area (Å²) in [7, 11) is 2.02. The average Bonchev–Trinajstić information content (AvgIpc) is 2.73. The molecular formula is C22H34N2O4. The third-order valence-corrected chi connectivity index (χ3v) is 5.01. The summed E-state index contributed by atoms with van der Waals surface area (Å²) in [5, 5.41) is 38.0. The molecule has 156 valence electrons. The van der Waals surface area contributed by atoms with Gasteiger partial charge >= 0.3 is 0 Å². The molecule has 4 unspecified atom stereocenters. The lowest BCUT2D eigenvalue weighted by Gasteiger charge is -2.27. The maximum absolute atomic E-state index is 10.0. The number of aromatic hydroxyl groups is 2. The molecule has 0 bridgehead atoms.